The van der Waals surface area contributed by atoms with Gasteiger partial charge in [-0.3, -0.25) is 4.79 Å². The van der Waals surface area contributed by atoms with E-state index in [0.29, 0.717) is 16.2 Å². The Labute approximate surface area is 183 Å². The number of hydrogen-bond donors (Lipinski definition) is 1. The van der Waals surface area contributed by atoms with E-state index in [1.54, 1.807) is 6.07 Å². The van der Waals surface area contributed by atoms with Crippen LogP contribution in [0, 0.1) is 5.41 Å². The molecule has 0 aliphatic heterocycles. The molecule has 0 radical (unpaired) electrons. The Morgan fingerprint density at radius 2 is 1.82 bits per heavy atom. The highest BCUT2D eigenvalue weighted by atomic mass is 79.9. The van der Waals surface area contributed by atoms with Crippen molar-refractivity contribution in [1.82, 2.24) is 5.43 Å². The molecule has 0 saturated heterocycles. The van der Waals surface area contributed by atoms with E-state index in [-0.39, 0.29) is 23.3 Å². The fraction of sp³-hybridized carbons (Fsp3) is 0.429. The maximum Gasteiger partial charge on any atom is 0.277 e. The molecule has 0 aliphatic carbocycles. The molecule has 0 saturated carbocycles. The molecule has 152 valence electrons. The minimum atomic E-state index is -0.349. The summed E-state index contributed by atoms with van der Waals surface area (Å²) in [7, 11) is 0. The highest BCUT2D eigenvalue weighted by molar-refractivity contribution is 9.13. The van der Waals surface area contributed by atoms with Crippen molar-refractivity contribution in [2.45, 2.75) is 46.5 Å². The van der Waals surface area contributed by atoms with Crippen LogP contribution in [-0.4, -0.2) is 18.7 Å². The van der Waals surface area contributed by atoms with E-state index >= 15 is 0 Å². The zero-order valence-corrected chi connectivity index (χ0v) is 20.0. The zero-order valence-electron chi connectivity index (χ0n) is 16.8. The molecule has 0 aliphatic rings. The van der Waals surface area contributed by atoms with Crippen LogP contribution in [0.1, 0.15) is 52.4 Å². The lowest BCUT2D eigenvalue weighted by Gasteiger charge is -2.33. The largest absolute Gasteiger partial charge is 0.484 e. The second-order valence-electron chi connectivity index (χ2n) is 8.50. The number of carbonyl (C=O) groups excluding carboxylic acids is 1. The van der Waals surface area contributed by atoms with Gasteiger partial charge in [-0.05, 0) is 66.8 Å². The number of hydrogen-bond acceptors (Lipinski definition) is 4. The average Bonchev–Trinajstić information content (AvgIpc) is 2.89. The first-order chi connectivity index (χ1) is 13.0. The van der Waals surface area contributed by atoms with E-state index in [1.165, 1.54) is 11.8 Å². The summed E-state index contributed by atoms with van der Waals surface area (Å²) in [4.78, 5) is 11.9. The number of ether oxygens (including phenoxy) is 1. The molecule has 0 atom stereocenters. The van der Waals surface area contributed by atoms with Crippen LogP contribution in [0.2, 0.25) is 0 Å². The van der Waals surface area contributed by atoms with E-state index in [2.05, 4.69) is 89.1 Å². The van der Waals surface area contributed by atoms with Gasteiger partial charge in [-0.15, -0.1) is 0 Å². The van der Waals surface area contributed by atoms with E-state index in [9.17, 15) is 4.79 Å². The molecule has 0 bridgehead atoms. The maximum atomic E-state index is 11.9. The fourth-order valence-electron chi connectivity index (χ4n) is 3.21. The molecule has 2 aromatic rings. The topological polar surface area (TPSA) is 63.8 Å². The normalized spacial score (nSPS) is 12.4. The van der Waals surface area contributed by atoms with Crippen LogP contribution in [0.25, 0.3) is 0 Å². The molecule has 1 N–H and O–H groups in total. The number of nitrogens with zero attached hydrogens (tertiary/aromatic N) is 1. The van der Waals surface area contributed by atoms with Gasteiger partial charge in [0.2, 0.25) is 0 Å². The molecule has 2 rings (SSSR count). The lowest BCUT2D eigenvalue weighted by Crippen LogP contribution is -2.25. The van der Waals surface area contributed by atoms with Crippen LogP contribution in [0.3, 0.4) is 0 Å². The predicted octanol–water partition coefficient (Wildman–Crippen LogP) is 6.05. The first-order valence-corrected chi connectivity index (χ1v) is 10.5. The summed E-state index contributed by atoms with van der Waals surface area (Å²) in [5.41, 5.74) is 3.97. The van der Waals surface area contributed by atoms with Gasteiger partial charge in [0.15, 0.2) is 11.3 Å². The van der Waals surface area contributed by atoms with Gasteiger partial charge in [-0.1, -0.05) is 46.8 Å². The second-order valence-corrected chi connectivity index (χ2v) is 10.1. The van der Waals surface area contributed by atoms with Gasteiger partial charge in [0, 0.05) is 6.07 Å². The van der Waals surface area contributed by atoms with Crippen molar-refractivity contribution in [1.29, 1.82) is 0 Å². The summed E-state index contributed by atoms with van der Waals surface area (Å²) in [6.45, 7) is 11.1. The number of rotatable bonds is 7. The van der Waals surface area contributed by atoms with Gasteiger partial charge < -0.3 is 9.15 Å². The zero-order chi connectivity index (χ0) is 20.9. The van der Waals surface area contributed by atoms with Crippen molar-refractivity contribution in [3.8, 4) is 5.75 Å². The summed E-state index contributed by atoms with van der Waals surface area (Å²) in [5, 5.41) is 3.85. The Morgan fingerprint density at radius 1 is 1.18 bits per heavy atom. The molecule has 1 aromatic heterocycles. The van der Waals surface area contributed by atoms with Gasteiger partial charge in [0.1, 0.15) is 11.5 Å². The summed E-state index contributed by atoms with van der Waals surface area (Å²) in [6, 6.07) is 9.65. The number of nitrogens with one attached hydrogen (secondary N) is 1. The van der Waals surface area contributed by atoms with E-state index in [0.717, 1.165) is 10.9 Å². The van der Waals surface area contributed by atoms with Gasteiger partial charge >= 0.3 is 0 Å². The highest BCUT2D eigenvalue weighted by Crippen LogP contribution is 2.36. The summed E-state index contributed by atoms with van der Waals surface area (Å²) in [6.07, 6.45) is 2.49. The van der Waals surface area contributed by atoms with E-state index in [1.807, 2.05) is 12.1 Å². The average molecular weight is 514 g/mol. The molecule has 1 amide bonds. The first-order valence-electron chi connectivity index (χ1n) is 8.96. The molecular weight excluding hydrogens is 488 g/mol. The third-order valence-electron chi connectivity index (χ3n) is 4.02. The van der Waals surface area contributed by atoms with Crippen molar-refractivity contribution in [2.75, 3.05) is 6.61 Å². The van der Waals surface area contributed by atoms with Crippen LogP contribution in [0.4, 0.5) is 0 Å². The third kappa shape index (κ3) is 7.09. The van der Waals surface area contributed by atoms with Crippen molar-refractivity contribution in [3.63, 3.8) is 0 Å². The molecule has 0 spiro atoms. The number of carbonyl (C=O) groups is 1. The summed E-state index contributed by atoms with van der Waals surface area (Å²) < 4.78 is 12.2. The SMILES string of the molecule is CC(C)(C)CC(C)(C)c1ccc(OCC(=O)NN=Cc2cc(Br)c(Br)o2)cc1. The number of halogens is 2. The molecule has 7 heteroatoms. The van der Waals surface area contributed by atoms with Crippen molar-refractivity contribution < 1.29 is 13.9 Å². The second kappa shape index (κ2) is 9.27. The Bertz CT molecular complexity index is 815. The highest BCUT2D eigenvalue weighted by Gasteiger charge is 2.27. The molecule has 0 fully saturated rings. The number of furan rings is 1. The van der Waals surface area contributed by atoms with Gasteiger partial charge in [0.25, 0.3) is 5.91 Å². The fourth-order valence-corrected chi connectivity index (χ4v) is 3.81. The minimum absolute atomic E-state index is 0.0682. The van der Waals surface area contributed by atoms with Crippen LogP contribution in [-0.2, 0) is 10.2 Å². The van der Waals surface area contributed by atoms with Crippen LogP contribution in [0.15, 0.2) is 49.0 Å². The Balaban J connectivity index is 1.84. The predicted molar refractivity (Wildman–Crippen MR) is 119 cm³/mol. The Kier molecular flexibility index (Phi) is 7.51. The monoisotopic (exact) mass is 512 g/mol. The van der Waals surface area contributed by atoms with E-state index in [4.69, 9.17) is 9.15 Å². The van der Waals surface area contributed by atoms with Crippen LogP contribution < -0.4 is 10.2 Å². The molecule has 28 heavy (non-hydrogen) atoms. The van der Waals surface area contributed by atoms with Crippen molar-refractivity contribution in [2.24, 2.45) is 10.5 Å². The van der Waals surface area contributed by atoms with Crippen LogP contribution in [0.5, 0.6) is 5.75 Å². The van der Waals surface area contributed by atoms with E-state index < -0.39 is 0 Å². The van der Waals surface area contributed by atoms with Crippen molar-refractivity contribution >= 4 is 44.0 Å². The third-order valence-corrected chi connectivity index (χ3v) is 5.73. The lowest BCUT2D eigenvalue weighted by molar-refractivity contribution is -0.123. The van der Waals surface area contributed by atoms with Crippen molar-refractivity contribution in [3.05, 3.63) is 50.8 Å². The number of hydrazone groups is 1. The number of benzene rings is 1. The molecule has 1 heterocycles. The smallest absolute Gasteiger partial charge is 0.277 e. The molecular formula is C21H26Br2N2O3. The standard InChI is InChI=1S/C21H26Br2N2O3/c1-20(2,3)13-21(4,5)14-6-8-15(9-7-14)27-12-18(26)25-24-11-16-10-17(22)19(23)28-16/h6-11H,12-13H2,1-5H3,(H,25,26). The molecule has 5 nitrogen and oxygen atoms in total. The first kappa shape index (κ1) is 22.7. The maximum absolute atomic E-state index is 11.9. The summed E-state index contributed by atoms with van der Waals surface area (Å²) in [5.74, 6) is 0.805. The number of amides is 1. The minimum Gasteiger partial charge on any atom is -0.484 e. The van der Waals surface area contributed by atoms with Crippen LogP contribution >= 0.6 is 31.9 Å². The van der Waals surface area contributed by atoms with Gasteiger partial charge in [-0.2, -0.15) is 5.10 Å². The molecule has 1 aromatic carbocycles. The Hall–Kier alpha value is -1.60. The van der Waals surface area contributed by atoms with Gasteiger partial charge in [0.05, 0.1) is 10.7 Å². The summed E-state index contributed by atoms with van der Waals surface area (Å²) >= 11 is 6.55. The van der Waals surface area contributed by atoms with Gasteiger partial charge in [-0.25, -0.2) is 5.43 Å². The lowest BCUT2D eigenvalue weighted by atomic mass is 9.72. The Morgan fingerprint density at radius 3 is 2.36 bits per heavy atom. The quantitative estimate of drug-likeness (QED) is 0.362. The molecule has 0 unspecified atom stereocenters.